The molecule has 1 aromatic rings. The number of hydrogen-bond donors (Lipinski definition) is 1. The summed E-state index contributed by atoms with van der Waals surface area (Å²) in [5, 5.41) is 0.812. The third-order valence-electron chi connectivity index (χ3n) is 2.98. The Morgan fingerprint density at radius 2 is 2.14 bits per heavy atom. The minimum Gasteiger partial charge on any atom is -0.330 e. The van der Waals surface area contributed by atoms with Gasteiger partial charge in [0.15, 0.2) is 0 Å². The SMILES string of the molecule is NCCC1(c2cc(Cl)ccc2Br)CC1. The Labute approximate surface area is 97.8 Å². The van der Waals surface area contributed by atoms with E-state index in [-0.39, 0.29) is 0 Å². The van der Waals surface area contributed by atoms with Gasteiger partial charge in [-0.3, -0.25) is 0 Å². The largest absolute Gasteiger partial charge is 0.330 e. The van der Waals surface area contributed by atoms with Gasteiger partial charge in [-0.25, -0.2) is 0 Å². The molecule has 1 nitrogen and oxygen atoms in total. The van der Waals surface area contributed by atoms with E-state index in [1.807, 2.05) is 12.1 Å². The van der Waals surface area contributed by atoms with Crippen molar-refractivity contribution in [2.24, 2.45) is 5.73 Å². The summed E-state index contributed by atoms with van der Waals surface area (Å²) in [4.78, 5) is 0. The third-order valence-corrected chi connectivity index (χ3v) is 3.90. The van der Waals surface area contributed by atoms with Crippen LogP contribution in [0.4, 0.5) is 0 Å². The molecule has 0 saturated heterocycles. The van der Waals surface area contributed by atoms with Crippen molar-refractivity contribution in [1.29, 1.82) is 0 Å². The van der Waals surface area contributed by atoms with Crippen LogP contribution in [0, 0.1) is 0 Å². The normalized spacial score (nSPS) is 18.2. The smallest absolute Gasteiger partial charge is 0.0409 e. The van der Waals surface area contributed by atoms with Gasteiger partial charge < -0.3 is 5.73 Å². The van der Waals surface area contributed by atoms with Gasteiger partial charge in [0.05, 0.1) is 0 Å². The first-order valence-electron chi connectivity index (χ1n) is 4.83. The van der Waals surface area contributed by atoms with Crippen LogP contribution in [0.1, 0.15) is 24.8 Å². The summed E-state index contributed by atoms with van der Waals surface area (Å²) >= 11 is 9.58. The standard InChI is InChI=1S/C11H13BrClN/c12-10-2-1-8(13)7-9(10)11(3-4-11)5-6-14/h1-2,7H,3-6,14H2. The Balaban J connectivity index is 2.35. The zero-order chi connectivity index (χ0) is 10.2. The first-order valence-corrected chi connectivity index (χ1v) is 6.01. The molecule has 2 N–H and O–H groups in total. The Morgan fingerprint density at radius 1 is 1.43 bits per heavy atom. The molecule has 0 atom stereocenters. The van der Waals surface area contributed by atoms with Crippen LogP contribution in [0.2, 0.25) is 5.02 Å². The van der Waals surface area contributed by atoms with Gasteiger partial charge in [-0.05, 0) is 55.0 Å². The molecule has 1 fully saturated rings. The van der Waals surface area contributed by atoms with Gasteiger partial charge >= 0.3 is 0 Å². The quantitative estimate of drug-likeness (QED) is 0.897. The molecule has 0 bridgehead atoms. The fourth-order valence-electron chi connectivity index (χ4n) is 1.99. The van der Waals surface area contributed by atoms with Gasteiger partial charge in [-0.15, -0.1) is 0 Å². The molecule has 2 rings (SSSR count). The molecule has 0 aromatic heterocycles. The molecule has 0 heterocycles. The van der Waals surface area contributed by atoms with Crippen LogP contribution >= 0.6 is 27.5 Å². The van der Waals surface area contributed by atoms with Gasteiger partial charge in [0.25, 0.3) is 0 Å². The van der Waals surface area contributed by atoms with E-state index in [9.17, 15) is 0 Å². The van der Waals surface area contributed by atoms with E-state index in [2.05, 4.69) is 22.0 Å². The Morgan fingerprint density at radius 3 is 2.71 bits per heavy atom. The highest BCUT2D eigenvalue weighted by atomic mass is 79.9. The molecule has 1 aliphatic rings. The highest BCUT2D eigenvalue weighted by molar-refractivity contribution is 9.10. The van der Waals surface area contributed by atoms with E-state index < -0.39 is 0 Å². The fourth-order valence-corrected chi connectivity index (χ4v) is 2.82. The zero-order valence-corrected chi connectivity index (χ0v) is 10.2. The van der Waals surface area contributed by atoms with E-state index in [4.69, 9.17) is 17.3 Å². The minimum atomic E-state index is 0.318. The summed E-state index contributed by atoms with van der Waals surface area (Å²) < 4.78 is 1.16. The van der Waals surface area contributed by atoms with Gasteiger partial charge in [-0.2, -0.15) is 0 Å². The van der Waals surface area contributed by atoms with Crippen LogP contribution in [0.15, 0.2) is 22.7 Å². The predicted octanol–water partition coefficient (Wildman–Crippen LogP) is 3.48. The van der Waals surface area contributed by atoms with Crippen molar-refractivity contribution in [3.05, 3.63) is 33.3 Å². The summed E-state index contributed by atoms with van der Waals surface area (Å²) in [6.45, 7) is 0.749. The van der Waals surface area contributed by atoms with Gasteiger partial charge in [0.1, 0.15) is 0 Å². The molecule has 0 radical (unpaired) electrons. The topological polar surface area (TPSA) is 26.0 Å². The van der Waals surface area contributed by atoms with E-state index in [1.54, 1.807) is 0 Å². The van der Waals surface area contributed by atoms with E-state index in [0.29, 0.717) is 5.41 Å². The van der Waals surface area contributed by atoms with Crippen molar-refractivity contribution in [3.63, 3.8) is 0 Å². The Bertz CT molecular complexity index is 347. The maximum absolute atomic E-state index is 6.00. The van der Waals surface area contributed by atoms with Crippen molar-refractivity contribution in [2.75, 3.05) is 6.54 Å². The molecule has 0 spiro atoms. The third kappa shape index (κ3) is 1.83. The van der Waals surface area contributed by atoms with Gasteiger partial charge in [0, 0.05) is 9.50 Å². The molecule has 76 valence electrons. The summed E-state index contributed by atoms with van der Waals surface area (Å²) in [6.07, 6.45) is 3.54. The molecule has 1 aliphatic carbocycles. The van der Waals surface area contributed by atoms with Crippen LogP contribution in [0.25, 0.3) is 0 Å². The number of rotatable bonds is 3. The minimum absolute atomic E-state index is 0.318. The van der Waals surface area contributed by atoms with Gasteiger partial charge in [0.2, 0.25) is 0 Å². The fraction of sp³-hybridized carbons (Fsp3) is 0.455. The lowest BCUT2D eigenvalue weighted by Gasteiger charge is -2.16. The first-order chi connectivity index (χ1) is 6.68. The van der Waals surface area contributed by atoms with Crippen molar-refractivity contribution >= 4 is 27.5 Å². The van der Waals surface area contributed by atoms with Crippen LogP contribution in [-0.2, 0) is 5.41 Å². The second-order valence-corrected chi connectivity index (χ2v) is 5.23. The number of hydrogen-bond acceptors (Lipinski definition) is 1. The van der Waals surface area contributed by atoms with Crippen LogP contribution in [0.5, 0.6) is 0 Å². The van der Waals surface area contributed by atoms with E-state index in [1.165, 1.54) is 18.4 Å². The number of benzene rings is 1. The number of halogens is 2. The van der Waals surface area contributed by atoms with Crippen LogP contribution in [0.3, 0.4) is 0 Å². The molecular weight excluding hydrogens is 261 g/mol. The molecule has 0 unspecified atom stereocenters. The molecule has 0 amide bonds. The first kappa shape index (κ1) is 10.5. The van der Waals surface area contributed by atoms with Gasteiger partial charge in [-0.1, -0.05) is 27.5 Å². The lowest BCUT2D eigenvalue weighted by molar-refractivity contribution is 0.626. The van der Waals surface area contributed by atoms with Crippen LogP contribution in [-0.4, -0.2) is 6.54 Å². The van der Waals surface area contributed by atoms with E-state index in [0.717, 1.165) is 22.5 Å². The van der Waals surface area contributed by atoms with Crippen LogP contribution < -0.4 is 5.73 Å². The second kappa shape index (κ2) is 3.84. The molecule has 14 heavy (non-hydrogen) atoms. The van der Waals surface area contributed by atoms with Crippen molar-refractivity contribution in [1.82, 2.24) is 0 Å². The average molecular weight is 275 g/mol. The summed E-state index contributed by atoms with van der Waals surface area (Å²) in [7, 11) is 0. The molecule has 3 heteroatoms. The molecule has 0 aliphatic heterocycles. The summed E-state index contributed by atoms with van der Waals surface area (Å²) in [5.41, 5.74) is 7.28. The monoisotopic (exact) mass is 273 g/mol. The Hall–Kier alpha value is -0.0500. The maximum atomic E-state index is 6.00. The van der Waals surface area contributed by atoms with Crippen molar-refractivity contribution in [2.45, 2.75) is 24.7 Å². The lowest BCUT2D eigenvalue weighted by atomic mass is 9.92. The van der Waals surface area contributed by atoms with E-state index >= 15 is 0 Å². The summed E-state index contributed by atoms with van der Waals surface area (Å²) in [6, 6.07) is 6.00. The highest BCUT2D eigenvalue weighted by Crippen LogP contribution is 2.53. The second-order valence-electron chi connectivity index (χ2n) is 3.94. The average Bonchev–Trinajstić information content (AvgIpc) is 2.91. The zero-order valence-electron chi connectivity index (χ0n) is 7.89. The number of nitrogens with two attached hydrogens (primary N) is 1. The maximum Gasteiger partial charge on any atom is 0.0409 e. The van der Waals surface area contributed by atoms with Crippen molar-refractivity contribution < 1.29 is 0 Å². The van der Waals surface area contributed by atoms with Crippen molar-refractivity contribution in [3.8, 4) is 0 Å². The Kier molecular flexibility index (Phi) is 2.87. The molecule has 1 aromatic carbocycles. The molecular formula is C11H13BrClN. The predicted molar refractivity (Wildman–Crippen MR) is 63.7 cm³/mol. The molecule has 1 saturated carbocycles. The lowest BCUT2D eigenvalue weighted by Crippen LogP contribution is -2.13. The highest BCUT2D eigenvalue weighted by Gasteiger charge is 2.44. The summed E-state index contributed by atoms with van der Waals surface area (Å²) in [5.74, 6) is 0.